The summed E-state index contributed by atoms with van der Waals surface area (Å²) in [4.78, 5) is 12.0. The summed E-state index contributed by atoms with van der Waals surface area (Å²) in [5.41, 5.74) is 1.79. The highest BCUT2D eigenvalue weighted by molar-refractivity contribution is 6.01. The van der Waals surface area contributed by atoms with Crippen LogP contribution in [-0.2, 0) is 0 Å². The van der Waals surface area contributed by atoms with Gasteiger partial charge in [0.25, 0.3) is 0 Å². The highest BCUT2D eigenvalue weighted by Gasteiger charge is 2.08. The number of amides is 2. The van der Waals surface area contributed by atoms with Crippen molar-refractivity contribution in [3.05, 3.63) is 53.8 Å². The molecule has 0 atom stereocenters. The van der Waals surface area contributed by atoms with Crippen LogP contribution in [0.15, 0.2) is 42.5 Å². The first-order valence-corrected chi connectivity index (χ1v) is 6.66. The molecular formula is C16H17FN2O2. The molecule has 2 aromatic rings. The van der Waals surface area contributed by atoms with Crippen LogP contribution in [-0.4, -0.2) is 12.6 Å². The number of nitrogens with one attached hydrogen (secondary N) is 2. The van der Waals surface area contributed by atoms with Crippen LogP contribution in [0.3, 0.4) is 0 Å². The molecule has 2 aromatic carbocycles. The molecule has 0 bridgehead atoms. The molecule has 0 aliphatic heterocycles. The fraction of sp³-hybridized carbons (Fsp3) is 0.188. The second kappa shape index (κ2) is 6.74. The van der Waals surface area contributed by atoms with E-state index in [0.717, 1.165) is 0 Å². The number of anilines is 2. The van der Waals surface area contributed by atoms with Gasteiger partial charge >= 0.3 is 6.03 Å². The molecule has 0 saturated carbocycles. The minimum atomic E-state index is -0.406. The molecule has 0 fully saturated rings. The molecule has 0 spiro atoms. The van der Waals surface area contributed by atoms with Gasteiger partial charge in [-0.05, 0) is 49.7 Å². The van der Waals surface area contributed by atoms with Gasteiger partial charge in [-0.25, -0.2) is 9.18 Å². The van der Waals surface area contributed by atoms with Crippen molar-refractivity contribution >= 4 is 17.4 Å². The van der Waals surface area contributed by atoms with E-state index in [2.05, 4.69) is 10.6 Å². The molecule has 0 heterocycles. The minimum absolute atomic E-state index is 0.333. The summed E-state index contributed by atoms with van der Waals surface area (Å²) in [6.45, 7) is 4.11. The molecule has 21 heavy (non-hydrogen) atoms. The Morgan fingerprint density at radius 1 is 1.14 bits per heavy atom. The highest BCUT2D eigenvalue weighted by atomic mass is 19.1. The summed E-state index contributed by atoms with van der Waals surface area (Å²) in [6.07, 6.45) is 0. The standard InChI is InChI=1S/C16H17FN2O2/c1-3-21-15-7-5-4-6-14(15)19-16(20)18-13-9-8-12(17)10-11(13)2/h4-10H,3H2,1-2H3,(H2,18,19,20). The Morgan fingerprint density at radius 3 is 2.57 bits per heavy atom. The second-order valence-electron chi connectivity index (χ2n) is 4.47. The van der Waals surface area contributed by atoms with Crippen molar-refractivity contribution < 1.29 is 13.9 Å². The molecule has 0 saturated heterocycles. The van der Waals surface area contributed by atoms with Crippen molar-refractivity contribution in [3.8, 4) is 5.75 Å². The number of carbonyl (C=O) groups is 1. The second-order valence-corrected chi connectivity index (χ2v) is 4.47. The van der Waals surface area contributed by atoms with E-state index in [1.807, 2.05) is 13.0 Å². The zero-order valence-corrected chi connectivity index (χ0v) is 11.9. The van der Waals surface area contributed by atoms with Gasteiger partial charge in [-0.3, -0.25) is 0 Å². The summed E-state index contributed by atoms with van der Waals surface area (Å²) in [7, 11) is 0. The molecule has 0 aliphatic rings. The Balaban J connectivity index is 2.08. The van der Waals surface area contributed by atoms with Crippen molar-refractivity contribution in [1.29, 1.82) is 0 Å². The number of benzene rings is 2. The number of ether oxygens (including phenoxy) is 1. The van der Waals surface area contributed by atoms with Crippen LogP contribution >= 0.6 is 0 Å². The Labute approximate surface area is 122 Å². The first-order chi connectivity index (χ1) is 10.1. The van der Waals surface area contributed by atoms with Crippen molar-refractivity contribution in [1.82, 2.24) is 0 Å². The number of para-hydroxylation sites is 2. The number of rotatable bonds is 4. The summed E-state index contributed by atoms with van der Waals surface area (Å²) in [5.74, 6) is 0.270. The number of hydrogen-bond donors (Lipinski definition) is 2. The maximum atomic E-state index is 13.0. The van der Waals surface area contributed by atoms with E-state index >= 15 is 0 Å². The van der Waals surface area contributed by atoms with Crippen LogP contribution in [0.5, 0.6) is 5.75 Å². The fourth-order valence-electron chi connectivity index (χ4n) is 1.89. The Hall–Kier alpha value is -2.56. The van der Waals surface area contributed by atoms with E-state index in [-0.39, 0.29) is 5.82 Å². The number of hydrogen-bond acceptors (Lipinski definition) is 2. The lowest BCUT2D eigenvalue weighted by atomic mass is 10.2. The predicted molar refractivity (Wildman–Crippen MR) is 81.4 cm³/mol. The molecule has 5 heteroatoms. The van der Waals surface area contributed by atoms with Gasteiger partial charge in [0.15, 0.2) is 0 Å². The summed E-state index contributed by atoms with van der Waals surface area (Å²) in [6, 6.07) is 11.0. The Morgan fingerprint density at radius 2 is 1.86 bits per heavy atom. The molecule has 0 aliphatic carbocycles. The SMILES string of the molecule is CCOc1ccccc1NC(=O)Nc1ccc(F)cc1C. The van der Waals surface area contributed by atoms with Gasteiger partial charge in [-0.2, -0.15) is 0 Å². The molecule has 2 N–H and O–H groups in total. The van der Waals surface area contributed by atoms with E-state index in [9.17, 15) is 9.18 Å². The van der Waals surface area contributed by atoms with E-state index in [4.69, 9.17) is 4.74 Å². The van der Waals surface area contributed by atoms with Crippen LogP contribution < -0.4 is 15.4 Å². The Kier molecular flexibility index (Phi) is 4.77. The van der Waals surface area contributed by atoms with Crippen molar-refractivity contribution in [2.75, 3.05) is 17.2 Å². The maximum absolute atomic E-state index is 13.0. The van der Waals surface area contributed by atoms with Crippen LogP contribution in [0.1, 0.15) is 12.5 Å². The van der Waals surface area contributed by atoms with Crippen LogP contribution in [0.4, 0.5) is 20.6 Å². The molecule has 0 unspecified atom stereocenters. The van der Waals surface area contributed by atoms with Gasteiger partial charge in [0, 0.05) is 5.69 Å². The summed E-state index contributed by atoms with van der Waals surface area (Å²) >= 11 is 0. The van der Waals surface area contributed by atoms with Gasteiger partial charge in [-0.1, -0.05) is 12.1 Å². The van der Waals surface area contributed by atoms with Gasteiger partial charge in [0.05, 0.1) is 12.3 Å². The highest BCUT2D eigenvalue weighted by Crippen LogP contribution is 2.24. The van der Waals surface area contributed by atoms with E-state index in [1.54, 1.807) is 25.1 Å². The smallest absolute Gasteiger partial charge is 0.323 e. The van der Waals surface area contributed by atoms with Crippen LogP contribution in [0, 0.1) is 12.7 Å². The number of aryl methyl sites for hydroxylation is 1. The van der Waals surface area contributed by atoms with E-state index in [0.29, 0.717) is 29.3 Å². The molecule has 4 nitrogen and oxygen atoms in total. The number of halogens is 1. The maximum Gasteiger partial charge on any atom is 0.323 e. The predicted octanol–water partition coefficient (Wildman–Crippen LogP) is 4.18. The lowest BCUT2D eigenvalue weighted by molar-refractivity contribution is 0.262. The van der Waals surface area contributed by atoms with Crippen molar-refractivity contribution in [3.63, 3.8) is 0 Å². The van der Waals surface area contributed by atoms with Gasteiger partial charge < -0.3 is 15.4 Å². The molecule has 2 rings (SSSR count). The average Bonchev–Trinajstić information content (AvgIpc) is 2.44. The monoisotopic (exact) mass is 288 g/mol. The zero-order chi connectivity index (χ0) is 15.2. The van der Waals surface area contributed by atoms with Crippen molar-refractivity contribution in [2.45, 2.75) is 13.8 Å². The minimum Gasteiger partial charge on any atom is -0.492 e. The lowest BCUT2D eigenvalue weighted by Gasteiger charge is -2.13. The van der Waals surface area contributed by atoms with Crippen LogP contribution in [0.25, 0.3) is 0 Å². The Bertz CT molecular complexity index is 644. The fourth-order valence-corrected chi connectivity index (χ4v) is 1.89. The first kappa shape index (κ1) is 14.8. The molecule has 2 amide bonds. The van der Waals surface area contributed by atoms with Gasteiger partial charge in [-0.15, -0.1) is 0 Å². The average molecular weight is 288 g/mol. The van der Waals surface area contributed by atoms with Crippen molar-refractivity contribution in [2.24, 2.45) is 0 Å². The largest absolute Gasteiger partial charge is 0.492 e. The van der Waals surface area contributed by atoms with Crippen LogP contribution in [0.2, 0.25) is 0 Å². The molecule has 110 valence electrons. The third-order valence-corrected chi connectivity index (χ3v) is 2.87. The third kappa shape index (κ3) is 3.95. The normalized spacial score (nSPS) is 10.0. The number of carbonyl (C=O) groups excluding carboxylic acids is 1. The van der Waals surface area contributed by atoms with Gasteiger partial charge in [0.1, 0.15) is 11.6 Å². The van der Waals surface area contributed by atoms with E-state index < -0.39 is 6.03 Å². The summed E-state index contributed by atoms with van der Waals surface area (Å²) < 4.78 is 18.5. The lowest BCUT2D eigenvalue weighted by Crippen LogP contribution is -2.20. The molecule has 0 radical (unpaired) electrons. The van der Waals surface area contributed by atoms with Gasteiger partial charge in [0.2, 0.25) is 0 Å². The third-order valence-electron chi connectivity index (χ3n) is 2.87. The topological polar surface area (TPSA) is 50.4 Å². The molecular weight excluding hydrogens is 271 g/mol. The summed E-state index contributed by atoms with van der Waals surface area (Å²) in [5, 5.41) is 5.40. The zero-order valence-electron chi connectivity index (χ0n) is 11.9. The number of urea groups is 1. The quantitative estimate of drug-likeness (QED) is 0.886. The first-order valence-electron chi connectivity index (χ1n) is 6.66. The molecule has 0 aromatic heterocycles. The van der Waals surface area contributed by atoms with E-state index in [1.165, 1.54) is 18.2 Å².